The van der Waals surface area contributed by atoms with Crippen molar-refractivity contribution >= 4 is 39.4 Å². The Morgan fingerprint density at radius 1 is 1.44 bits per heavy atom. The van der Waals surface area contributed by atoms with Gasteiger partial charge in [-0.3, -0.25) is 4.79 Å². The Morgan fingerprint density at radius 2 is 2.19 bits per heavy atom. The van der Waals surface area contributed by atoms with Crippen LogP contribution in [0.1, 0.15) is 23.7 Å². The third-order valence-electron chi connectivity index (χ3n) is 3.99. The van der Waals surface area contributed by atoms with Crippen LogP contribution in [0.2, 0.25) is 5.15 Å². The minimum absolute atomic E-state index is 0.00276. The van der Waals surface area contributed by atoms with Crippen molar-refractivity contribution in [3.8, 4) is 0 Å². The predicted molar refractivity (Wildman–Crippen MR) is 99.2 cm³/mol. The average molecular weight is 420 g/mol. The summed E-state index contributed by atoms with van der Waals surface area (Å²) in [6.45, 7) is 2.00. The maximum Gasteiger partial charge on any atom is 0.331 e. The van der Waals surface area contributed by atoms with Crippen molar-refractivity contribution in [2.75, 3.05) is 38.4 Å². The van der Waals surface area contributed by atoms with Crippen molar-refractivity contribution < 1.29 is 27.5 Å². The van der Waals surface area contributed by atoms with Gasteiger partial charge in [0.15, 0.2) is 16.4 Å². The Morgan fingerprint density at radius 3 is 2.81 bits per heavy atom. The second-order valence-corrected chi connectivity index (χ2v) is 8.66. The monoisotopic (exact) mass is 419 g/mol. The van der Waals surface area contributed by atoms with Crippen LogP contribution in [0.25, 0.3) is 6.08 Å². The van der Waals surface area contributed by atoms with Gasteiger partial charge in [0.25, 0.3) is 5.91 Å². The number of carbonyl (C=O) groups excluding carboxylic acids is 2. The smallest absolute Gasteiger partial charge is 0.331 e. The molecule has 2 heterocycles. The molecule has 0 aromatic carbocycles. The summed E-state index contributed by atoms with van der Waals surface area (Å²) in [7, 11) is -1.56. The van der Waals surface area contributed by atoms with E-state index in [1.807, 2.05) is 0 Å². The second-order valence-electron chi connectivity index (χ2n) is 6.08. The van der Waals surface area contributed by atoms with Gasteiger partial charge in [0.05, 0.1) is 29.8 Å². The summed E-state index contributed by atoms with van der Waals surface area (Å²) in [6, 6.07) is -0.314. The maximum atomic E-state index is 11.8. The summed E-state index contributed by atoms with van der Waals surface area (Å²) < 4.78 is 34.4. The molecule has 150 valence electrons. The third-order valence-corrected chi connectivity index (χ3v) is 6.11. The van der Waals surface area contributed by atoms with Gasteiger partial charge in [0.1, 0.15) is 5.15 Å². The third kappa shape index (κ3) is 6.05. The predicted octanol–water partition coefficient (Wildman–Crippen LogP) is 0.524. The highest BCUT2D eigenvalue weighted by molar-refractivity contribution is 7.91. The van der Waals surface area contributed by atoms with Gasteiger partial charge >= 0.3 is 5.97 Å². The Bertz CT molecular complexity index is 833. The molecule has 1 aliphatic rings. The van der Waals surface area contributed by atoms with E-state index in [0.717, 1.165) is 6.08 Å². The van der Waals surface area contributed by atoms with Gasteiger partial charge in [0.2, 0.25) is 0 Å². The molecule has 1 aliphatic heterocycles. The Hall–Kier alpha value is -1.91. The van der Waals surface area contributed by atoms with E-state index >= 15 is 0 Å². The van der Waals surface area contributed by atoms with Crippen LogP contribution in [-0.2, 0) is 28.9 Å². The number of esters is 1. The molecule has 1 atom stereocenters. The van der Waals surface area contributed by atoms with Crippen LogP contribution in [0.3, 0.4) is 0 Å². The van der Waals surface area contributed by atoms with Gasteiger partial charge in [-0.25, -0.2) is 17.9 Å². The summed E-state index contributed by atoms with van der Waals surface area (Å²) in [5.41, 5.74) is 1.06. The molecule has 27 heavy (non-hydrogen) atoms. The number of rotatable bonds is 8. The largest absolute Gasteiger partial charge is 0.452 e. The first-order chi connectivity index (χ1) is 12.7. The van der Waals surface area contributed by atoms with Crippen LogP contribution >= 0.6 is 11.6 Å². The van der Waals surface area contributed by atoms with Crippen LogP contribution in [-0.4, -0.2) is 68.4 Å². The number of ether oxygens (including phenoxy) is 2. The van der Waals surface area contributed by atoms with E-state index in [4.69, 9.17) is 21.1 Å². The fourth-order valence-corrected chi connectivity index (χ4v) is 4.68. The lowest BCUT2D eigenvalue weighted by molar-refractivity contribution is -0.143. The molecule has 0 radical (unpaired) electrons. The zero-order chi connectivity index (χ0) is 20.0. The first-order valence-electron chi connectivity index (χ1n) is 8.29. The molecule has 2 rings (SSSR count). The number of aromatic nitrogens is 2. The molecule has 0 spiro atoms. The van der Waals surface area contributed by atoms with Crippen LogP contribution < -0.4 is 5.32 Å². The minimum atomic E-state index is -3.07. The number of carbonyl (C=O) groups is 2. The fourth-order valence-electron chi connectivity index (χ4n) is 2.61. The molecule has 1 aromatic rings. The molecule has 1 saturated heterocycles. The lowest BCUT2D eigenvalue weighted by atomic mass is 10.2. The number of hydrogen-bond donors (Lipinski definition) is 1. The molecule has 0 unspecified atom stereocenters. The van der Waals surface area contributed by atoms with Crippen LogP contribution in [0.5, 0.6) is 0 Å². The van der Waals surface area contributed by atoms with Crippen LogP contribution in [0.15, 0.2) is 6.08 Å². The van der Waals surface area contributed by atoms with Crippen molar-refractivity contribution in [1.82, 2.24) is 15.1 Å². The number of amides is 1. The summed E-state index contributed by atoms with van der Waals surface area (Å²) in [4.78, 5) is 23.2. The Labute approximate surface area is 162 Å². The SMILES string of the molecule is COCCNC(=O)COC(=O)/C=C/c1c(C)nn([C@H]2CCS(=O)(=O)C2)c1Cl. The van der Waals surface area contributed by atoms with Gasteiger partial charge in [-0.2, -0.15) is 5.10 Å². The number of methoxy groups -OCH3 is 1. The molecule has 11 heteroatoms. The molecule has 1 aromatic heterocycles. The average Bonchev–Trinajstić information content (AvgIpc) is 3.10. The zero-order valence-corrected chi connectivity index (χ0v) is 16.7. The molecule has 1 N–H and O–H groups in total. The number of hydrogen-bond acceptors (Lipinski definition) is 7. The Kier molecular flexibility index (Phi) is 7.40. The summed E-state index contributed by atoms with van der Waals surface area (Å²) >= 11 is 6.31. The Balaban J connectivity index is 1.95. The molecular formula is C16H22ClN3O6S. The first-order valence-corrected chi connectivity index (χ1v) is 10.5. The van der Waals surface area contributed by atoms with Crippen molar-refractivity contribution in [1.29, 1.82) is 0 Å². The highest BCUT2D eigenvalue weighted by Crippen LogP contribution is 2.30. The number of sulfone groups is 1. The lowest BCUT2D eigenvalue weighted by Crippen LogP contribution is -2.31. The topological polar surface area (TPSA) is 117 Å². The van der Waals surface area contributed by atoms with E-state index in [9.17, 15) is 18.0 Å². The highest BCUT2D eigenvalue weighted by Gasteiger charge is 2.31. The first kappa shape index (κ1) is 21.4. The number of nitrogens with zero attached hydrogens (tertiary/aromatic N) is 2. The van der Waals surface area contributed by atoms with Crippen molar-refractivity contribution in [2.45, 2.75) is 19.4 Å². The highest BCUT2D eigenvalue weighted by atomic mass is 35.5. The van der Waals surface area contributed by atoms with Gasteiger partial charge < -0.3 is 14.8 Å². The number of halogens is 1. The zero-order valence-electron chi connectivity index (χ0n) is 15.1. The van der Waals surface area contributed by atoms with E-state index in [-0.39, 0.29) is 22.7 Å². The van der Waals surface area contributed by atoms with E-state index in [2.05, 4.69) is 10.4 Å². The lowest BCUT2D eigenvalue weighted by Gasteiger charge is -2.09. The molecule has 0 bridgehead atoms. The summed E-state index contributed by atoms with van der Waals surface area (Å²) in [6.07, 6.45) is 3.04. The molecular weight excluding hydrogens is 398 g/mol. The van der Waals surface area contributed by atoms with E-state index in [0.29, 0.717) is 30.8 Å². The number of nitrogens with one attached hydrogen (secondary N) is 1. The molecule has 1 amide bonds. The standard InChI is InChI=1S/C16H22ClN3O6S/c1-11-13(3-4-15(22)26-9-14(21)18-6-7-25-2)16(17)20(19-11)12-5-8-27(23,24)10-12/h3-4,12H,5-10H2,1-2H3,(H,18,21)/b4-3+/t12-/m0/s1. The summed E-state index contributed by atoms with van der Waals surface area (Å²) in [5, 5.41) is 7.08. The van der Waals surface area contributed by atoms with Gasteiger partial charge in [0, 0.05) is 25.3 Å². The molecule has 0 saturated carbocycles. The van der Waals surface area contributed by atoms with Crippen LogP contribution in [0, 0.1) is 6.92 Å². The molecule has 0 aliphatic carbocycles. The van der Waals surface area contributed by atoms with Gasteiger partial charge in [-0.1, -0.05) is 11.6 Å². The van der Waals surface area contributed by atoms with E-state index in [1.165, 1.54) is 17.9 Å². The quantitative estimate of drug-likeness (QED) is 0.371. The van der Waals surface area contributed by atoms with Crippen molar-refractivity contribution in [3.05, 3.63) is 22.5 Å². The van der Waals surface area contributed by atoms with E-state index < -0.39 is 28.3 Å². The van der Waals surface area contributed by atoms with Gasteiger partial charge in [-0.15, -0.1) is 0 Å². The second kappa shape index (κ2) is 9.34. The van der Waals surface area contributed by atoms with Gasteiger partial charge in [-0.05, 0) is 19.4 Å². The maximum absolute atomic E-state index is 11.8. The minimum Gasteiger partial charge on any atom is -0.452 e. The molecule has 9 nitrogen and oxygen atoms in total. The van der Waals surface area contributed by atoms with E-state index in [1.54, 1.807) is 6.92 Å². The molecule has 1 fully saturated rings. The summed E-state index contributed by atoms with van der Waals surface area (Å²) in [5.74, 6) is -1.03. The van der Waals surface area contributed by atoms with Crippen LogP contribution in [0.4, 0.5) is 0 Å². The fraction of sp³-hybridized carbons (Fsp3) is 0.562. The number of aryl methyl sites for hydroxylation is 1. The van der Waals surface area contributed by atoms with Crippen molar-refractivity contribution in [2.24, 2.45) is 0 Å². The van der Waals surface area contributed by atoms with Crippen molar-refractivity contribution in [3.63, 3.8) is 0 Å². The normalized spacial score (nSPS) is 18.7.